The van der Waals surface area contributed by atoms with Crippen LogP contribution in [0, 0.1) is 0 Å². The van der Waals surface area contributed by atoms with Crippen LogP contribution in [-0.4, -0.2) is 33.9 Å². The number of aliphatic hydroxyl groups excluding tert-OH is 1. The molecule has 0 heterocycles. The molecule has 0 bridgehead atoms. The lowest BCUT2D eigenvalue weighted by molar-refractivity contribution is 0.0940. The molecular weight excluding hydrogens is 210 g/mol. The molecule has 0 aliphatic rings. The van der Waals surface area contributed by atoms with Crippen molar-refractivity contribution < 1.29 is 20.1 Å². The van der Waals surface area contributed by atoms with Crippen LogP contribution in [0.2, 0.25) is 0 Å². The Balaban J connectivity index is 2.66. The molecule has 1 aromatic carbocycles. The number of hydrogen-bond donors (Lipinski definition) is 4. The number of phenols is 2. The summed E-state index contributed by atoms with van der Waals surface area (Å²) in [5.41, 5.74) is -0.145. The summed E-state index contributed by atoms with van der Waals surface area (Å²) < 4.78 is 0. The highest BCUT2D eigenvalue weighted by Crippen LogP contribution is 2.25. The van der Waals surface area contributed by atoms with Crippen molar-refractivity contribution in [1.29, 1.82) is 0 Å². The fourth-order valence-corrected chi connectivity index (χ4v) is 1.24. The number of carbonyl (C=O) groups is 1. The van der Waals surface area contributed by atoms with Gasteiger partial charge in [-0.15, -0.1) is 0 Å². The molecule has 0 radical (unpaired) electrons. The molecule has 5 heteroatoms. The number of nitrogens with one attached hydrogen (secondary N) is 1. The van der Waals surface area contributed by atoms with Crippen LogP contribution < -0.4 is 5.32 Å². The van der Waals surface area contributed by atoms with Crippen molar-refractivity contribution in [2.24, 2.45) is 0 Å². The highest BCUT2D eigenvalue weighted by Gasteiger charge is 2.15. The predicted octanol–water partition coefficient (Wildman–Crippen LogP) is 0.599. The van der Waals surface area contributed by atoms with Gasteiger partial charge in [-0.05, 0) is 25.5 Å². The van der Waals surface area contributed by atoms with Gasteiger partial charge in [-0.1, -0.05) is 6.07 Å². The molecule has 1 unspecified atom stereocenters. The lowest BCUT2D eigenvalue weighted by atomic mass is 10.1. The standard InChI is InChI=1S/C11H15NO4/c1-7(13)5-6-12-11(16)10-8(14)3-2-4-9(10)15/h2-4,7,13-15H,5-6H2,1H3,(H,12,16). The highest BCUT2D eigenvalue weighted by molar-refractivity contribution is 5.99. The predicted molar refractivity (Wildman–Crippen MR) is 58.4 cm³/mol. The summed E-state index contributed by atoms with van der Waals surface area (Å²) in [5.74, 6) is -1.10. The monoisotopic (exact) mass is 225 g/mol. The van der Waals surface area contributed by atoms with Gasteiger partial charge in [0.1, 0.15) is 17.1 Å². The fraction of sp³-hybridized carbons (Fsp3) is 0.364. The Morgan fingerprint density at radius 2 is 1.94 bits per heavy atom. The Morgan fingerprint density at radius 1 is 1.38 bits per heavy atom. The first-order chi connectivity index (χ1) is 7.52. The van der Waals surface area contributed by atoms with Crippen molar-refractivity contribution >= 4 is 5.91 Å². The zero-order valence-electron chi connectivity index (χ0n) is 8.97. The van der Waals surface area contributed by atoms with Gasteiger partial charge in [0.05, 0.1) is 6.10 Å². The van der Waals surface area contributed by atoms with Crippen LogP contribution in [0.15, 0.2) is 18.2 Å². The highest BCUT2D eigenvalue weighted by atomic mass is 16.3. The summed E-state index contributed by atoms with van der Waals surface area (Å²) in [4.78, 5) is 11.6. The summed E-state index contributed by atoms with van der Waals surface area (Å²) in [6, 6.07) is 4.09. The molecule has 1 amide bonds. The van der Waals surface area contributed by atoms with Gasteiger partial charge in [0.15, 0.2) is 0 Å². The maximum atomic E-state index is 11.6. The lowest BCUT2D eigenvalue weighted by Crippen LogP contribution is -2.26. The summed E-state index contributed by atoms with van der Waals surface area (Å²) in [5, 5.41) is 30.3. The Hall–Kier alpha value is -1.75. The first kappa shape index (κ1) is 12.3. The minimum Gasteiger partial charge on any atom is -0.507 e. The summed E-state index contributed by atoms with van der Waals surface area (Å²) in [6.07, 6.45) is -0.0848. The second-order valence-corrected chi connectivity index (χ2v) is 3.56. The Kier molecular flexibility index (Phi) is 4.13. The van der Waals surface area contributed by atoms with Crippen molar-refractivity contribution in [3.05, 3.63) is 23.8 Å². The Morgan fingerprint density at radius 3 is 2.44 bits per heavy atom. The molecule has 4 N–H and O–H groups in total. The second kappa shape index (κ2) is 5.37. The van der Waals surface area contributed by atoms with E-state index in [1.54, 1.807) is 6.92 Å². The first-order valence-corrected chi connectivity index (χ1v) is 4.99. The van der Waals surface area contributed by atoms with E-state index < -0.39 is 12.0 Å². The molecule has 0 saturated heterocycles. The topological polar surface area (TPSA) is 89.8 Å². The second-order valence-electron chi connectivity index (χ2n) is 3.56. The van der Waals surface area contributed by atoms with E-state index in [1.165, 1.54) is 18.2 Å². The van der Waals surface area contributed by atoms with E-state index in [4.69, 9.17) is 5.11 Å². The average Bonchev–Trinajstić information content (AvgIpc) is 2.16. The van der Waals surface area contributed by atoms with Gasteiger partial charge < -0.3 is 20.6 Å². The van der Waals surface area contributed by atoms with Crippen LogP contribution >= 0.6 is 0 Å². The maximum absolute atomic E-state index is 11.6. The molecule has 5 nitrogen and oxygen atoms in total. The molecular formula is C11H15NO4. The molecule has 0 aromatic heterocycles. The molecule has 16 heavy (non-hydrogen) atoms. The van der Waals surface area contributed by atoms with E-state index in [2.05, 4.69) is 5.32 Å². The summed E-state index contributed by atoms with van der Waals surface area (Å²) in [7, 11) is 0. The fourth-order valence-electron chi connectivity index (χ4n) is 1.24. The number of benzene rings is 1. The summed E-state index contributed by atoms with van der Waals surface area (Å²) >= 11 is 0. The van der Waals surface area contributed by atoms with E-state index in [0.29, 0.717) is 6.42 Å². The molecule has 1 rings (SSSR count). The van der Waals surface area contributed by atoms with Crippen LogP contribution in [0.4, 0.5) is 0 Å². The van der Waals surface area contributed by atoms with Crippen LogP contribution in [0.25, 0.3) is 0 Å². The third-order valence-corrected chi connectivity index (χ3v) is 2.10. The quantitative estimate of drug-likeness (QED) is 0.604. The van der Waals surface area contributed by atoms with Gasteiger partial charge in [0.2, 0.25) is 0 Å². The molecule has 0 saturated carbocycles. The third kappa shape index (κ3) is 3.13. The van der Waals surface area contributed by atoms with Gasteiger partial charge >= 0.3 is 0 Å². The molecule has 1 atom stereocenters. The van der Waals surface area contributed by atoms with Crippen LogP contribution in [0.3, 0.4) is 0 Å². The largest absolute Gasteiger partial charge is 0.507 e. The van der Waals surface area contributed by atoms with Gasteiger partial charge in [0.25, 0.3) is 5.91 Å². The summed E-state index contributed by atoms with van der Waals surface area (Å²) in [6.45, 7) is 1.90. The van der Waals surface area contributed by atoms with Crippen LogP contribution in [-0.2, 0) is 0 Å². The molecule has 1 aromatic rings. The van der Waals surface area contributed by atoms with Crippen molar-refractivity contribution in [1.82, 2.24) is 5.32 Å². The van der Waals surface area contributed by atoms with Crippen molar-refractivity contribution in [2.75, 3.05) is 6.54 Å². The molecule has 0 fully saturated rings. The normalized spacial score (nSPS) is 12.1. The van der Waals surface area contributed by atoms with Crippen molar-refractivity contribution in [3.8, 4) is 11.5 Å². The minimum absolute atomic E-state index is 0.145. The third-order valence-electron chi connectivity index (χ3n) is 2.10. The molecule has 0 aliphatic heterocycles. The maximum Gasteiger partial charge on any atom is 0.258 e. The van der Waals surface area contributed by atoms with E-state index in [9.17, 15) is 15.0 Å². The van der Waals surface area contributed by atoms with Crippen LogP contribution in [0.5, 0.6) is 11.5 Å². The van der Waals surface area contributed by atoms with Gasteiger partial charge in [-0.2, -0.15) is 0 Å². The van der Waals surface area contributed by atoms with E-state index >= 15 is 0 Å². The number of carbonyl (C=O) groups excluding carboxylic acids is 1. The SMILES string of the molecule is CC(O)CCNC(=O)c1c(O)cccc1O. The lowest BCUT2D eigenvalue weighted by Gasteiger charge is -2.09. The number of aliphatic hydroxyl groups is 1. The zero-order valence-corrected chi connectivity index (χ0v) is 8.97. The van der Waals surface area contributed by atoms with Crippen molar-refractivity contribution in [2.45, 2.75) is 19.4 Å². The first-order valence-electron chi connectivity index (χ1n) is 4.99. The van der Waals surface area contributed by atoms with Crippen molar-refractivity contribution in [3.63, 3.8) is 0 Å². The van der Waals surface area contributed by atoms with E-state index in [0.717, 1.165) is 0 Å². The van der Waals surface area contributed by atoms with Gasteiger partial charge in [0, 0.05) is 6.54 Å². The van der Waals surface area contributed by atoms with Crippen LogP contribution in [0.1, 0.15) is 23.7 Å². The van der Waals surface area contributed by atoms with Gasteiger partial charge in [-0.3, -0.25) is 4.79 Å². The molecule has 88 valence electrons. The molecule has 0 aliphatic carbocycles. The number of aromatic hydroxyl groups is 2. The minimum atomic E-state index is -0.559. The Bertz CT molecular complexity index is 356. The number of amides is 1. The van der Waals surface area contributed by atoms with E-state index in [1.807, 2.05) is 0 Å². The average molecular weight is 225 g/mol. The smallest absolute Gasteiger partial charge is 0.258 e. The molecule has 0 spiro atoms. The van der Waals surface area contributed by atoms with Gasteiger partial charge in [-0.25, -0.2) is 0 Å². The number of phenolic OH excluding ortho intramolecular Hbond substituents is 2. The van der Waals surface area contributed by atoms with E-state index in [-0.39, 0.29) is 23.6 Å². The Labute approximate surface area is 93.4 Å². The zero-order chi connectivity index (χ0) is 12.1. The number of rotatable bonds is 4. The number of hydrogen-bond acceptors (Lipinski definition) is 4.